The van der Waals surface area contributed by atoms with Crippen molar-refractivity contribution in [2.75, 3.05) is 11.9 Å². The van der Waals surface area contributed by atoms with E-state index in [-0.39, 0.29) is 18.4 Å². The number of nitrogens with zero attached hydrogens (tertiary/aromatic N) is 2. The smallest absolute Gasteiger partial charge is 0.198 e. The van der Waals surface area contributed by atoms with E-state index in [2.05, 4.69) is 156 Å². The molecule has 9 rings (SSSR count). The summed E-state index contributed by atoms with van der Waals surface area (Å²) in [6, 6.07) is 49.4. The fourth-order valence-corrected chi connectivity index (χ4v) is 7.47. The minimum absolute atomic E-state index is 0.131. The van der Waals surface area contributed by atoms with Gasteiger partial charge in [-0.3, -0.25) is 10.2 Å². The van der Waals surface area contributed by atoms with E-state index in [4.69, 9.17) is 4.74 Å². The summed E-state index contributed by atoms with van der Waals surface area (Å²) in [5.41, 5.74) is 6.34. The number of rotatable bonds is 4. The quantitative estimate of drug-likeness (QED) is 0.178. The van der Waals surface area contributed by atoms with Crippen LogP contribution in [0, 0.1) is 0 Å². The van der Waals surface area contributed by atoms with Crippen LogP contribution in [0.15, 0.2) is 133 Å². The number of anilines is 1. The first-order valence-electron chi connectivity index (χ1n) is 14.8. The van der Waals surface area contributed by atoms with E-state index in [9.17, 15) is 0 Å². The van der Waals surface area contributed by atoms with Crippen molar-refractivity contribution in [1.29, 1.82) is 0 Å². The van der Waals surface area contributed by atoms with E-state index in [1.165, 1.54) is 38.2 Å². The zero-order valence-electron chi connectivity index (χ0n) is 23.4. The van der Waals surface area contributed by atoms with Crippen LogP contribution in [-0.4, -0.2) is 18.0 Å². The van der Waals surface area contributed by atoms with Gasteiger partial charge in [0.25, 0.3) is 0 Å². The van der Waals surface area contributed by atoms with Crippen LogP contribution in [0.25, 0.3) is 21.5 Å². The molecule has 6 aromatic rings. The number of benzene rings is 6. The fourth-order valence-electron chi connectivity index (χ4n) is 7.47. The highest BCUT2D eigenvalue weighted by Crippen LogP contribution is 2.59. The summed E-state index contributed by atoms with van der Waals surface area (Å²) in [6.45, 7) is 0. The lowest BCUT2D eigenvalue weighted by Gasteiger charge is -2.23. The third kappa shape index (κ3) is 3.56. The monoisotopic (exact) mass is 545 g/mol. The maximum atomic E-state index is 6.71. The molecular weight excluding hydrogens is 514 g/mol. The second-order valence-electron chi connectivity index (χ2n) is 11.8. The van der Waals surface area contributed by atoms with E-state index in [0.717, 1.165) is 17.0 Å². The SMILES string of the molecule is CN1c2ccc3ccc4cc(C5NC(c6ccccc6)C6C(c7ccccc7)N56)ccc4c3c2OC1c1ccccc1. The minimum Gasteiger partial charge on any atom is -0.463 e. The molecule has 6 aromatic carbocycles. The van der Waals surface area contributed by atoms with Gasteiger partial charge < -0.3 is 9.64 Å². The molecule has 0 bridgehead atoms. The molecule has 4 heteroatoms. The van der Waals surface area contributed by atoms with Crippen LogP contribution in [0.1, 0.15) is 46.7 Å². The lowest BCUT2D eigenvalue weighted by molar-refractivity contribution is 0.238. The number of hydrogen-bond acceptors (Lipinski definition) is 4. The van der Waals surface area contributed by atoms with Gasteiger partial charge >= 0.3 is 0 Å². The van der Waals surface area contributed by atoms with Crippen molar-refractivity contribution in [3.8, 4) is 5.75 Å². The van der Waals surface area contributed by atoms with Gasteiger partial charge in [-0.2, -0.15) is 0 Å². The van der Waals surface area contributed by atoms with Gasteiger partial charge in [0.1, 0.15) is 0 Å². The number of ether oxygens (including phenoxy) is 1. The molecule has 3 aliphatic rings. The first-order valence-corrected chi connectivity index (χ1v) is 14.8. The van der Waals surface area contributed by atoms with Crippen LogP contribution < -0.4 is 15.0 Å². The zero-order chi connectivity index (χ0) is 27.8. The van der Waals surface area contributed by atoms with Crippen molar-refractivity contribution in [3.63, 3.8) is 0 Å². The second-order valence-corrected chi connectivity index (χ2v) is 11.8. The van der Waals surface area contributed by atoms with Crippen molar-refractivity contribution >= 4 is 27.2 Å². The molecule has 2 fully saturated rings. The van der Waals surface area contributed by atoms with Gasteiger partial charge in [-0.05, 0) is 45.0 Å². The number of fused-ring (bicyclic) bond motifs is 6. The lowest BCUT2D eigenvalue weighted by Crippen LogP contribution is -2.26. The second kappa shape index (κ2) is 9.18. The molecule has 2 saturated heterocycles. The topological polar surface area (TPSA) is 27.5 Å². The predicted molar refractivity (Wildman–Crippen MR) is 170 cm³/mol. The molecule has 0 saturated carbocycles. The third-order valence-electron chi connectivity index (χ3n) is 9.49. The largest absolute Gasteiger partial charge is 0.463 e. The van der Waals surface area contributed by atoms with Crippen molar-refractivity contribution in [2.24, 2.45) is 0 Å². The van der Waals surface area contributed by atoms with Gasteiger partial charge in [0.05, 0.1) is 30.0 Å². The molecule has 42 heavy (non-hydrogen) atoms. The van der Waals surface area contributed by atoms with Crippen LogP contribution in [0.3, 0.4) is 0 Å². The molecule has 6 unspecified atom stereocenters. The highest BCUT2D eigenvalue weighted by molar-refractivity contribution is 6.13. The van der Waals surface area contributed by atoms with E-state index < -0.39 is 0 Å². The van der Waals surface area contributed by atoms with E-state index in [0.29, 0.717) is 12.1 Å². The Bertz CT molecular complexity index is 1940. The van der Waals surface area contributed by atoms with Crippen LogP contribution in [-0.2, 0) is 0 Å². The number of nitrogens with one attached hydrogen (secondary N) is 1. The normalized spacial score (nSPS) is 25.8. The molecule has 3 heterocycles. The van der Waals surface area contributed by atoms with Crippen molar-refractivity contribution in [3.05, 3.63) is 156 Å². The summed E-state index contributed by atoms with van der Waals surface area (Å²) in [4.78, 5) is 4.89. The molecular formula is C38H31N3O. The first-order chi connectivity index (χ1) is 20.8. The Labute approximate surface area is 245 Å². The van der Waals surface area contributed by atoms with Crippen LogP contribution in [0.4, 0.5) is 5.69 Å². The van der Waals surface area contributed by atoms with Crippen molar-refractivity contribution in [1.82, 2.24) is 10.2 Å². The van der Waals surface area contributed by atoms with Gasteiger partial charge in [0.2, 0.25) is 0 Å². The minimum atomic E-state index is -0.131. The molecule has 0 amide bonds. The van der Waals surface area contributed by atoms with Gasteiger partial charge in [-0.25, -0.2) is 0 Å². The lowest BCUT2D eigenvalue weighted by atomic mass is 9.96. The van der Waals surface area contributed by atoms with Crippen LogP contribution >= 0.6 is 0 Å². The Morgan fingerprint density at radius 1 is 0.619 bits per heavy atom. The summed E-state index contributed by atoms with van der Waals surface area (Å²) >= 11 is 0. The molecule has 0 aliphatic carbocycles. The van der Waals surface area contributed by atoms with E-state index in [1.54, 1.807) is 0 Å². The molecule has 3 aliphatic heterocycles. The highest BCUT2D eigenvalue weighted by atomic mass is 16.5. The average Bonchev–Trinajstić information content (AvgIpc) is 3.51. The summed E-state index contributed by atoms with van der Waals surface area (Å²) in [5, 5.41) is 8.85. The molecule has 0 aromatic heterocycles. The first kappa shape index (κ1) is 24.0. The average molecular weight is 546 g/mol. The van der Waals surface area contributed by atoms with Gasteiger partial charge in [0.15, 0.2) is 12.0 Å². The fraction of sp³-hybridized carbons (Fsp3) is 0.158. The van der Waals surface area contributed by atoms with E-state index in [1.807, 2.05) is 0 Å². The molecule has 0 spiro atoms. The summed E-state index contributed by atoms with van der Waals surface area (Å²) in [7, 11) is 2.12. The maximum Gasteiger partial charge on any atom is 0.198 e. The van der Waals surface area contributed by atoms with Crippen molar-refractivity contribution < 1.29 is 4.74 Å². The molecule has 4 nitrogen and oxygen atoms in total. The maximum absolute atomic E-state index is 6.71. The highest BCUT2D eigenvalue weighted by Gasteiger charge is 2.61. The van der Waals surface area contributed by atoms with E-state index >= 15 is 0 Å². The molecule has 6 atom stereocenters. The summed E-state index contributed by atoms with van der Waals surface area (Å²) in [5.74, 6) is 0.973. The van der Waals surface area contributed by atoms with Crippen LogP contribution in [0.2, 0.25) is 0 Å². The van der Waals surface area contributed by atoms with Gasteiger partial charge in [-0.1, -0.05) is 121 Å². The summed E-state index contributed by atoms with van der Waals surface area (Å²) in [6.07, 6.45) is 0.0188. The Kier molecular flexibility index (Phi) is 5.25. The third-order valence-corrected chi connectivity index (χ3v) is 9.49. The van der Waals surface area contributed by atoms with Gasteiger partial charge in [0, 0.05) is 18.0 Å². The Morgan fingerprint density at radius 2 is 1.26 bits per heavy atom. The Balaban J connectivity index is 1.12. The Morgan fingerprint density at radius 3 is 2.00 bits per heavy atom. The molecule has 204 valence electrons. The predicted octanol–water partition coefficient (Wildman–Crippen LogP) is 8.29. The number of hydrogen-bond donors (Lipinski definition) is 1. The molecule has 1 N–H and O–H groups in total. The standard InChI is InChI=1S/C38H31N3O/c1-40-31-22-20-24-17-18-28-23-29(19-21-30(28)32(24)36(31)42-38(40)27-15-9-4-10-16-27)37-39-33(25-11-5-2-6-12-25)35-34(41(35)37)26-13-7-3-8-14-26/h2-23,33-35,37-39H,1H3. The van der Waals surface area contributed by atoms with Crippen molar-refractivity contribution in [2.45, 2.75) is 30.5 Å². The van der Waals surface area contributed by atoms with Crippen LogP contribution in [0.5, 0.6) is 5.75 Å². The Hall–Kier alpha value is -4.64. The molecule has 0 radical (unpaired) electrons. The summed E-state index contributed by atoms with van der Waals surface area (Å²) < 4.78 is 6.71. The van der Waals surface area contributed by atoms with Gasteiger partial charge in [-0.15, -0.1) is 0 Å². The zero-order valence-corrected chi connectivity index (χ0v) is 23.4.